The standard InChI is InChI=1S/C6HBr3F2/c7-4-2(10)1-3(11)5(8)6(4)9/h1H. The van der Waals surface area contributed by atoms with E-state index in [0.29, 0.717) is 4.47 Å². The first-order chi connectivity index (χ1) is 5.04. The van der Waals surface area contributed by atoms with E-state index in [2.05, 4.69) is 47.8 Å². The van der Waals surface area contributed by atoms with Crippen LogP contribution in [0.5, 0.6) is 0 Å². The fourth-order valence-electron chi connectivity index (χ4n) is 0.544. The largest absolute Gasteiger partial charge is 0.206 e. The first kappa shape index (κ1) is 9.61. The van der Waals surface area contributed by atoms with Gasteiger partial charge in [-0.25, -0.2) is 8.78 Å². The van der Waals surface area contributed by atoms with E-state index < -0.39 is 11.6 Å². The Bertz CT molecular complexity index is 272. The molecule has 0 fully saturated rings. The summed E-state index contributed by atoms with van der Waals surface area (Å²) in [4.78, 5) is 0. The Kier molecular flexibility index (Phi) is 3.05. The molecule has 0 N–H and O–H groups in total. The van der Waals surface area contributed by atoms with Gasteiger partial charge in [0.15, 0.2) is 0 Å². The molecule has 1 aromatic carbocycles. The fourth-order valence-corrected chi connectivity index (χ4v) is 1.81. The second kappa shape index (κ2) is 3.49. The zero-order valence-electron chi connectivity index (χ0n) is 4.97. The molecule has 0 aliphatic carbocycles. The fraction of sp³-hybridized carbons (Fsp3) is 0. The molecule has 0 bridgehead atoms. The molecule has 0 aliphatic rings. The van der Waals surface area contributed by atoms with Gasteiger partial charge in [0.2, 0.25) is 0 Å². The molecule has 0 saturated heterocycles. The van der Waals surface area contributed by atoms with E-state index in [1.54, 1.807) is 0 Å². The first-order valence-electron chi connectivity index (χ1n) is 2.52. The van der Waals surface area contributed by atoms with Crippen LogP contribution in [0.25, 0.3) is 0 Å². The summed E-state index contributed by atoms with van der Waals surface area (Å²) in [7, 11) is 0. The van der Waals surface area contributed by atoms with Gasteiger partial charge in [0.05, 0.1) is 13.4 Å². The summed E-state index contributed by atoms with van der Waals surface area (Å²) in [6.45, 7) is 0. The maximum atomic E-state index is 12.7. The zero-order chi connectivity index (χ0) is 8.59. The van der Waals surface area contributed by atoms with E-state index in [0.717, 1.165) is 6.07 Å². The van der Waals surface area contributed by atoms with Crippen LogP contribution in [0.3, 0.4) is 0 Å². The van der Waals surface area contributed by atoms with E-state index >= 15 is 0 Å². The topological polar surface area (TPSA) is 0 Å². The van der Waals surface area contributed by atoms with Crippen molar-refractivity contribution < 1.29 is 8.78 Å². The molecule has 0 unspecified atom stereocenters. The van der Waals surface area contributed by atoms with Crippen molar-refractivity contribution >= 4 is 47.8 Å². The lowest BCUT2D eigenvalue weighted by Crippen LogP contribution is -1.85. The lowest BCUT2D eigenvalue weighted by atomic mass is 10.3. The Morgan fingerprint density at radius 2 is 1.18 bits per heavy atom. The maximum Gasteiger partial charge on any atom is 0.141 e. The maximum absolute atomic E-state index is 12.7. The van der Waals surface area contributed by atoms with Gasteiger partial charge >= 0.3 is 0 Å². The summed E-state index contributed by atoms with van der Waals surface area (Å²) < 4.78 is 26.1. The molecule has 11 heavy (non-hydrogen) atoms. The summed E-state index contributed by atoms with van der Waals surface area (Å²) in [6, 6.07) is 0.804. The average molecular weight is 351 g/mol. The minimum absolute atomic E-state index is 0.214. The average Bonchev–Trinajstić information content (AvgIpc) is 1.97. The van der Waals surface area contributed by atoms with Gasteiger partial charge in [0, 0.05) is 6.07 Å². The second-order valence-electron chi connectivity index (χ2n) is 1.78. The molecule has 0 aromatic heterocycles. The van der Waals surface area contributed by atoms with Crippen LogP contribution in [0.15, 0.2) is 19.5 Å². The van der Waals surface area contributed by atoms with E-state index in [4.69, 9.17) is 0 Å². The highest BCUT2D eigenvalue weighted by atomic mass is 79.9. The molecule has 0 spiro atoms. The van der Waals surface area contributed by atoms with Crippen molar-refractivity contribution in [2.45, 2.75) is 0 Å². The van der Waals surface area contributed by atoms with Crippen molar-refractivity contribution in [1.29, 1.82) is 0 Å². The molecular weight excluding hydrogens is 350 g/mol. The van der Waals surface area contributed by atoms with Crippen molar-refractivity contribution in [3.05, 3.63) is 31.1 Å². The zero-order valence-corrected chi connectivity index (χ0v) is 9.73. The SMILES string of the molecule is Fc1cc(F)c(Br)c(Br)c1Br. The molecular formula is C6HBr3F2. The predicted molar refractivity (Wildman–Crippen MR) is 49.5 cm³/mol. The van der Waals surface area contributed by atoms with E-state index in [9.17, 15) is 8.78 Å². The molecule has 0 radical (unpaired) electrons. The van der Waals surface area contributed by atoms with Crippen LogP contribution in [0.2, 0.25) is 0 Å². The van der Waals surface area contributed by atoms with Gasteiger partial charge in [-0.05, 0) is 47.8 Å². The molecule has 0 amide bonds. The van der Waals surface area contributed by atoms with Crippen LogP contribution in [-0.4, -0.2) is 0 Å². The van der Waals surface area contributed by atoms with Crippen molar-refractivity contribution in [2.75, 3.05) is 0 Å². The van der Waals surface area contributed by atoms with Gasteiger partial charge in [-0.3, -0.25) is 0 Å². The van der Waals surface area contributed by atoms with E-state index in [1.807, 2.05) is 0 Å². The van der Waals surface area contributed by atoms with Gasteiger partial charge in [-0.2, -0.15) is 0 Å². The van der Waals surface area contributed by atoms with Crippen molar-refractivity contribution in [3.8, 4) is 0 Å². The molecule has 0 aliphatic heterocycles. The smallest absolute Gasteiger partial charge is 0.141 e. The van der Waals surface area contributed by atoms with E-state index in [1.165, 1.54) is 0 Å². The Hall–Kier alpha value is 0.520. The van der Waals surface area contributed by atoms with Gasteiger partial charge in [0.1, 0.15) is 11.6 Å². The van der Waals surface area contributed by atoms with Crippen molar-refractivity contribution in [1.82, 2.24) is 0 Å². The molecule has 1 aromatic rings. The number of hydrogen-bond donors (Lipinski definition) is 0. The highest BCUT2D eigenvalue weighted by Gasteiger charge is 2.12. The second-order valence-corrected chi connectivity index (χ2v) is 4.16. The Morgan fingerprint density at radius 1 is 0.818 bits per heavy atom. The number of halogens is 5. The summed E-state index contributed by atoms with van der Waals surface area (Å²) >= 11 is 8.90. The Labute approximate surface area is 87.4 Å². The third-order valence-corrected chi connectivity index (χ3v) is 4.47. The monoisotopic (exact) mass is 348 g/mol. The van der Waals surface area contributed by atoms with Crippen molar-refractivity contribution in [3.63, 3.8) is 0 Å². The summed E-state index contributed by atoms with van der Waals surface area (Å²) in [5.74, 6) is -1.25. The highest BCUT2D eigenvalue weighted by Crippen LogP contribution is 2.34. The van der Waals surface area contributed by atoms with E-state index in [-0.39, 0.29) is 8.95 Å². The first-order valence-corrected chi connectivity index (χ1v) is 4.90. The van der Waals surface area contributed by atoms with Gasteiger partial charge in [-0.1, -0.05) is 0 Å². The molecule has 0 atom stereocenters. The minimum Gasteiger partial charge on any atom is -0.206 e. The minimum atomic E-state index is -0.627. The van der Waals surface area contributed by atoms with Gasteiger partial charge in [-0.15, -0.1) is 0 Å². The lowest BCUT2D eigenvalue weighted by molar-refractivity contribution is 0.573. The van der Waals surface area contributed by atoms with Gasteiger partial charge < -0.3 is 0 Å². The summed E-state index contributed by atoms with van der Waals surface area (Å²) in [5, 5.41) is 0. The van der Waals surface area contributed by atoms with Crippen LogP contribution in [-0.2, 0) is 0 Å². The number of benzene rings is 1. The predicted octanol–water partition coefficient (Wildman–Crippen LogP) is 4.25. The van der Waals surface area contributed by atoms with Crippen LogP contribution >= 0.6 is 47.8 Å². The number of rotatable bonds is 0. The molecule has 1 rings (SSSR count). The molecule has 0 heterocycles. The molecule has 0 nitrogen and oxygen atoms in total. The Morgan fingerprint density at radius 3 is 1.55 bits per heavy atom. The molecule has 5 heteroatoms. The van der Waals surface area contributed by atoms with Crippen LogP contribution in [0.1, 0.15) is 0 Å². The number of hydrogen-bond acceptors (Lipinski definition) is 0. The quantitative estimate of drug-likeness (QED) is 0.484. The summed E-state index contributed by atoms with van der Waals surface area (Å²) in [6.07, 6.45) is 0. The van der Waals surface area contributed by atoms with Gasteiger partial charge in [0.25, 0.3) is 0 Å². The van der Waals surface area contributed by atoms with Crippen LogP contribution in [0, 0.1) is 11.6 Å². The van der Waals surface area contributed by atoms with Crippen LogP contribution < -0.4 is 0 Å². The third kappa shape index (κ3) is 1.81. The normalized spacial score (nSPS) is 10.3. The molecule has 60 valence electrons. The Balaban J connectivity index is 3.46. The van der Waals surface area contributed by atoms with Crippen molar-refractivity contribution in [2.24, 2.45) is 0 Å². The lowest BCUT2D eigenvalue weighted by Gasteiger charge is -2.01. The summed E-state index contributed by atoms with van der Waals surface area (Å²) in [5.41, 5.74) is 0. The van der Waals surface area contributed by atoms with Crippen LogP contribution in [0.4, 0.5) is 8.78 Å². The third-order valence-electron chi connectivity index (χ3n) is 1.06. The molecule has 0 saturated carbocycles. The highest BCUT2D eigenvalue weighted by molar-refractivity contribution is 9.14.